The van der Waals surface area contributed by atoms with E-state index in [1.54, 1.807) is 81.8 Å². The molecule has 0 aliphatic heterocycles. The van der Waals surface area contributed by atoms with Gasteiger partial charge in [-0.05, 0) is 91.1 Å². The molecule has 0 aliphatic carbocycles. The Morgan fingerprint density at radius 2 is 1.71 bits per heavy atom. The first-order valence-corrected chi connectivity index (χ1v) is 12.9. The van der Waals surface area contributed by atoms with Crippen LogP contribution in [0.4, 0.5) is 10.1 Å². The van der Waals surface area contributed by atoms with Crippen LogP contribution in [0.5, 0.6) is 0 Å². The molecule has 6 nitrogen and oxygen atoms in total. The average molecular weight is 783 g/mol. The Bertz CT molecular complexity index is 1350. The molecule has 2 N–H and O–H groups in total. The van der Waals surface area contributed by atoms with E-state index in [0.29, 0.717) is 33.5 Å². The molecule has 0 heterocycles. The molecular formula is C33H37FN2O4U. The van der Waals surface area contributed by atoms with Gasteiger partial charge in [0.1, 0.15) is 11.4 Å². The van der Waals surface area contributed by atoms with Crippen molar-refractivity contribution in [1.29, 1.82) is 0 Å². The molecule has 8 heteroatoms. The fourth-order valence-electron chi connectivity index (χ4n) is 3.63. The first-order chi connectivity index (χ1) is 18.8. The van der Waals surface area contributed by atoms with Gasteiger partial charge in [0.05, 0.1) is 6.42 Å². The second-order valence-corrected chi connectivity index (χ2v) is 10.7. The Labute approximate surface area is 266 Å². The summed E-state index contributed by atoms with van der Waals surface area (Å²) in [4.78, 5) is 36.0. The Morgan fingerprint density at radius 1 is 1.02 bits per heavy atom. The van der Waals surface area contributed by atoms with Gasteiger partial charge in [-0.25, -0.2) is 4.39 Å². The number of ether oxygens (including phenoxy) is 1. The second kappa shape index (κ2) is 16.9. The largest absolute Gasteiger partial charge is 2.00 e. The third-order valence-electron chi connectivity index (χ3n) is 5.15. The van der Waals surface area contributed by atoms with Crippen LogP contribution >= 0.6 is 0 Å². The predicted octanol–water partition coefficient (Wildman–Crippen LogP) is 7.05. The molecule has 0 atom stereocenters. The van der Waals surface area contributed by atoms with Gasteiger partial charge in [-0.3, -0.25) is 9.59 Å². The Hall–Kier alpha value is -3.21. The van der Waals surface area contributed by atoms with Gasteiger partial charge in [-0.15, -0.1) is 0 Å². The van der Waals surface area contributed by atoms with Crippen molar-refractivity contribution in [3.05, 3.63) is 101 Å². The van der Waals surface area contributed by atoms with Gasteiger partial charge >= 0.3 is 37.1 Å². The average Bonchev–Trinajstić information content (AvgIpc) is 2.86. The van der Waals surface area contributed by atoms with Crippen molar-refractivity contribution in [1.82, 2.24) is 5.32 Å². The SMILES string of the molecule is C=Cc1ccc(NC(=O)c2cccc(-c3cc(F)cc(CN[C-]=O)c3)c2)c(CC(=O)OC(C)(C)C)c1.C[C-](C)C.[U+2]. The maximum absolute atomic E-state index is 14.2. The number of halogens is 1. The van der Waals surface area contributed by atoms with Crippen molar-refractivity contribution in [3.8, 4) is 11.1 Å². The Morgan fingerprint density at radius 3 is 2.32 bits per heavy atom. The van der Waals surface area contributed by atoms with Gasteiger partial charge < -0.3 is 26.1 Å². The number of amides is 2. The van der Waals surface area contributed by atoms with Gasteiger partial charge in [0, 0.05) is 17.8 Å². The molecule has 3 rings (SSSR count). The molecule has 214 valence electrons. The van der Waals surface area contributed by atoms with E-state index in [1.807, 2.05) is 0 Å². The van der Waals surface area contributed by atoms with E-state index in [2.05, 4.69) is 38.0 Å². The van der Waals surface area contributed by atoms with Crippen LogP contribution in [0.1, 0.15) is 68.6 Å². The van der Waals surface area contributed by atoms with Crippen molar-refractivity contribution >= 4 is 30.0 Å². The van der Waals surface area contributed by atoms with E-state index in [0.717, 1.165) is 5.56 Å². The van der Waals surface area contributed by atoms with Crippen molar-refractivity contribution in [2.75, 3.05) is 5.32 Å². The molecule has 0 bridgehead atoms. The number of esters is 1. The molecule has 0 unspecified atom stereocenters. The molecule has 0 aliphatic rings. The summed E-state index contributed by atoms with van der Waals surface area (Å²) in [6, 6.07) is 16.5. The van der Waals surface area contributed by atoms with Crippen LogP contribution in [-0.4, -0.2) is 23.9 Å². The number of rotatable bonds is 9. The minimum Gasteiger partial charge on any atom is -0.526 e. The van der Waals surface area contributed by atoms with Gasteiger partial charge in [-0.2, -0.15) is 27.2 Å². The molecule has 3 aromatic carbocycles. The standard InChI is InChI=1S/C29H28FN2O4.C4H9.U/c1-5-19-9-10-26(24(11-19)16-27(34)36-29(2,3)4)32-28(35)22-8-6-7-21(14-22)23-12-20(17-31-18-33)13-25(30)15-23;1-4(2)3;/h5-15H,1,16-17H2,2-4H3,(H,31,33)(H,32,35);1-3H3;/q2*-1;+2. The zero-order valence-electron chi connectivity index (χ0n) is 24.5. The molecule has 3 aromatic rings. The van der Waals surface area contributed by atoms with Gasteiger partial charge in [0.25, 0.3) is 5.91 Å². The van der Waals surface area contributed by atoms with Crippen LogP contribution in [0, 0.1) is 42.8 Å². The van der Waals surface area contributed by atoms with E-state index >= 15 is 0 Å². The Kier molecular flexibility index (Phi) is 14.8. The quantitative estimate of drug-likeness (QED) is 0.139. The van der Waals surface area contributed by atoms with E-state index in [-0.39, 0.29) is 50.0 Å². The summed E-state index contributed by atoms with van der Waals surface area (Å²) in [7, 11) is 0. The molecule has 0 radical (unpaired) electrons. The number of hydrogen-bond acceptors (Lipinski definition) is 4. The number of hydrogen-bond donors (Lipinski definition) is 2. The smallest absolute Gasteiger partial charge is 0.526 e. The van der Waals surface area contributed by atoms with Gasteiger partial charge in [-0.1, -0.05) is 30.9 Å². The predicted molar refractivity (Wildman–Crippen MR) is 159 cm³/mol. The van der Waals surface area contributed by atoms with Crippen LogP contribution in [0.3, 0.4) is 0 Å². The number of carbonyl (C=O) groups excluding carboxylic acids is 3. The summed E-state index contributed by atoms with van der Waals surface area (Å²) in [6.45, 7) is 15.5. The summed E-state index contributed by atoms with van der Waals surface area (Å²) in [5, 5.41) is 5.26. The number of nitrogens with one attached hydrogen (secondary N) is 2. The van der Waals surface area contributed by atoms with Crippen molar-refractivity contribution < 1.29 is 54.6 Å². The monoisotopic (exact) mass is 782 g/mol. The summed E-state index contributed by atoms with van der Waals surface area (Å²) in [5.74, 6) is 0.159. The minimum atomic E-state index is -0.630. The number of carbonyl (C=O) groups is 2. The number of anilines is 1. The zero-order valence-corrected chi connectivity index (χ0v) is 28.6. The van der Waals surface area contributed by atoms with Crippen LogP contribution in [0.2, 0.25) is 0 Å². The number of benzene rings is 3. The van der Waals surface area contributed by atoms with Crippen molar-refractivity contribution in [2.45, 2.75) is 60.1 Å². The van der Waals surface area contributed by atoms with Crippen LogP contribution in [0.15, 0.2) is 67.2 Å². The third kappa shape index (κ3) is 12.9. The van der Waals surface area contributed by atoms with E-state index in [4.69, 9.17) is 4.74 Å². The summed E-state index contributed by atoms with van der Waals surface area (Å²) >= 11 is 0. The second-order valence-electron chi connectivity index (χ2n) is 10.7. The first kappa shape index (κ1) is 35.8. The van der Waals surface area contributed by atoms with Crippen molar-refractivity contribution in [3.63, 3.8) is 0 Å². The minimum absolute atomic E-state index is 0. The van der Waals surface area contributed by atoms with Crippen LogP contribution in [0.25, 0.3) is 17.2 Å². The van der Waals surface area contributed by atoms with Crippen LogP contribution < -0.4 is 10.6 Å². The molecule has 0 aromatic heterocycles. The maximum Gasteiger partial charge on any atom is 2.00 e. The van der Waals surface area contributed by atoms with Gasteiger partial charge in [0.2, 0.25) is 0 Å². The fourth-order valence-corrected chi connectivity index (χ4v) is 3.63. The molecule has 41 heavy (non-hydrogen) atoms. The molecule has 0 fully saturated rings. The van der Waals surface area contributed by atoms with E-state index in [1.165, 1.54) is 18.1 Å². The first-order valence-electron chi connectivity index (χ1n) is 12.9. The van der Waals surface area contributed by atoms with E-state index in [9.17, 15) is 18.8 Å². The summed E-state index contributed by atoms with van der Waals surface area (Å²) in [5.41, 5.74) is 3.37. The zero-order chi connectivity index (χ0) is 29.9. The van der Waals surface area contributed by atoms with Crippen molar-refractivity contribution in [2.24, 2.45) is 0 Å². The third-order valence-corrected chi connectivity index (χ3v) is 5.15. The Balaban J connectivity index is 0.00000157. The van der Waals surface area contributed by atoms with Crippen LogP contribution in [-0.2, 0) is 27.3 Å². The normalized spacial score (nSPS) is 10.4. The summed E-state index contributed by atoms with van der Waals surface area (Å²) < 4.78 is 19.6. The fraction of sp³-hybridized carbons (Fsp3) is 0.273. The molecular weight excluding hydrogens is 745 g/mol. The summed E-state index contributed by atoms with van der Waals surface area (Å²) in [6.07, 6.45) is 3.20. The molecule has 0 saturated carbocycles. The topological polar surface area (TPSA) is 84.5 Å². The van der Waals surface area contributed by atoms with E-state index < -0.39 is 17.4 Å². The van der Waals surface area contributed by atoms with Gasteiger partial charge in [0.15, 0.2) is 0 Å². The molecule has 0 spiro atoms. The molecule has 0 saturated heterocycles. The molecule has 2 amide bonds. The maximum atomic E-state index is 14.2.